The summed E-state index contributed by atoms with van der Waals surface area (Å²) in [6.07, 6.45) is 0. The van der Waals surface area contributed by atoms with Crippen LogP contribution < -0.4 is 10.1 Å². The summed E-state index contributed by atoms with van der Waals surface area (Å²) in [5.74, 6) is -0.917. The Morgan fingerprint density at radius 3 is 2.86 bits per heavy atom. The van der Waals surface area contributed by atoms with Gasteiger partial charge in [0, 0.05) is 12.1 Å². The lowest BCUT2D eigenvalue weighted by molar-refractivity contribution is -0.384. The van der Waals surface area contributed by atoms with Crippen LogP contribution in [0.15, 0.2) is 52.1 Å². The van der Waals surface area contributed by atoms with Crippen molar-refractivity contribution in [3.8, 4) is 5.75 Å². The quantitative estimate of drug-likeness (QED) is 0.317. The molecule has 1 N–H and O–H groups in total. The minimum Gasteiger partial charge on any atom is -0.482 e. The fraction of sp³-hybridized carbons (Fsp3) is 0.118. The maximum Gasteiger partial charge on any atom is 0.277 e. The minimum atomic E-state index is -0.786. The van der Waals surface area contributed by atoms with E-state index < -0.39 is 16.6 Å². The lowest BCUT2D eigenvalue weighted by Crippen LogP contribution is -2.15. The number of aromatic nitrogens is 2. The Hall–Kier alpha value is -3.18. The Morgan fingerprint density at radius 1 is 1.31 bits per heavy atom. The second-order valence-corrected chi connectivity index (χ2v) is 6.77. The van der Waals surface area contributed by atoms with E-state index in [2.05, 4.69) is 15.5 Å². The Morgan fingerprint density at radius 2 is 2.10 bits per heavy atom. The molecule has 3 aromatic rings. The number of anilines is 1. The Kier molecular flexibility index (Phi) is 6.62. The van der Waals surface area contributed by atoms with Crippen LogP contribution in [-0.4, -0.2) is 26.8 Å². The fourth-order valence-corrected chi connectivity index (χ4v) is 2.86. The van der Waals surface area contributed by atoms with Gasteiger partial charge in [0.05, 0.1) is 21.4 Å². The molecule has 0 saturated heterocycles. The number of benzene rings is 2. The number of ether oxygens (including phenoxy) is 1. The molecule has 0 unspecified atom stereocenters. The van der Waals surface area contributed by atoms with Crippen molar-refractivity contribution in [2.45, 2.75) is 11.8 Å². The molecule has 1 heterocycles. The summed E-state index contributed by atoms with van der Waals surface area (Å²) in [6.45, 7) is -0.0115. The van der Waals surface area contributed by atoms with Crippen molar-refractivity contribution in [1.29, 1.82) is 0 Å². The zero-order valence-electron chi connectivity index (χ0n) is 14.5. The number of nitrogens with one attached hydrogen (secondary N) is 1. The highest BCUT2D eigenvalue weighted by molar-refractivity contribution is 7.99. The average Bonchev–Trinajstić information content (AvgIpc) is 3.15. The Labute approximate surface area is 172 Å². The highest BCUT2D eigenvalue weighted by atomic mass is 35.5. The highest BCUT2D eigenvalue weighted by Gasteiger charge is 2.15. The van der Waals surface area contributed by atoms with Crippen molar-refractivity contribution in [1.82, 2.24) is 10.2 Å². The van der Waals surface area contributed by atoms with Crippen LogP contribution in [0.2, 0.25) is 5.02 Å². The van der Waals surface area contributed by atoms with E-state index in [4.69, 9.17) is 20.8 Å². The number of carbonyl (C=O) groups excluding carboxylic acids is 1. The Balaban J connectivity index is 1.52. The second-order valence-electron chi connectivity index (χ2n) is 5.44. The summed E-state index contributed by atoms with van der Waals surface area (Å²) in [5, 5.41) is 21.1. The van der Waals surface area contributed by atoms with E-state index in [1.807, 2.05) is 0 Å². The lowest BCUT2D eigenvalue weighted by atomic mass is 10.2. The molecular formula is C17H12ClFN4O5S. The number of nitrogens with zero attached hydrogens (tertiary/aromatic N) is 3. The molecular weight excluding hydrogens is 427 g/mol. The predicted octanol–water partition coefficient (Wildman–Crippen LogP) is 4.08. The number of carbonyl (C=O) groups is 1. The number of non-ortho nitro benzene ring substituents is 1. The molecule has 0 atom stereocenters. The first kappa shape index (κ1) is 20.6. The molecule has 0 fully saturated rings. The summed E-state index contributed by atoms with van der Waals surface area (Å²) in [4.78, 5) is 22.0. The summed E-state index contributed by atoms with van der Waals surface area (Å²) >= 11 is 6.90. The van der Waals surface area contributed by atoms with Gasteiger partial charge in [0.2, 0.25) is 5.91 Å². The third-order valence-corrected chi connectivity index (χ3v) is 4.53. The SMILES string of the molecule is O=C(CSc1nnc(COc2ccccc2Cl)o1)Nc1cc([N+](=O)[O-])ccc1F. The van der Waals surface area contributed by atoms with Gasteiger partial charge < -0.3 is 14.5 Å². The first-order valence-electron chi connectivity index (χ1n) is 7.98. The molecule has 0 spiro atoms. The van der Waals surface area contributed by atoms with Gasteiger partial charge in [0.15, 0.2) is 6.61 Å². The lowest BCUT2D eigenvalue weighted by Gasteiger charge is -2.05. The van der Waals surface area contributed by atoms with E-state index in [9.17, 15) is 19.3 Å². The van der Waals surface area contributed by atoms with E-state index in [1.165, 1.54) is 0 Å². The van der Waals surface area contributed by atoms with Crippen LogP contribution in [0.1, 0.15) is 5.89 Å². The van der Waals surface area contributed by atoms with Gasteiger partial charge in [-0.1, -0.05) is 35.5 Å². The number of rotatable bonds is 8. The van der Waals surface area contributed by atoms with Gasteiger partial charge in [-0.15, -0.1) is 10.2 Å². The molecule has 2 aromatic carbocycles. The van der Waals surface area contributed by atoms with Crippen LogP contribution in [0.5, 0.6) is 5.75 Å². The zero-order chi connectivity index (χ0) is 20.8. The molecule has 12 heteroatoms. The number of nitro benzene ring substituents is 1. The monoisotopic (exact) mass is 438 g/mol. The van der Waals surface area contributed by atoms with Crippen LogP contribution >= 0.6 is 23.4 Å². The van der Waals surface area contributed by atoms with E-state index in [0.29, 0.717) is 10.8 Å². The summed E-state index contributed by atoms with van der Waals surface area (Å²) in [5.41, 5.74) is -0.626. The normalized spacial score (nSPS) is 10.6. The van der Waals surface area contributed by atoms with Gasteiger partial charge in [-0.2, -0.15) is 0 Å². The molecule has 0 radical (unpaired) electrons. The van der Waals surface area contributed by atoms with Gasteiger partial charge in [-0.3, -0.25) is 14.9 Å². The van der Waals surface area contributed by atoms with Crippen molar-refractivity contribution in [2.75, 3.05) is 11.1 Å². The number of nitro groups is 1. The standard InChI is InChI=1S/C17H12ClFN4O5S/c18-11-3-1-2-4-14(11)27-8-16-21-22-17(28-16)29-9-15(24)20-13-7-10(23(25)26)5-6-12(13)19/h1-7H,8-9H2,(H,20,24). The van der Waals surface area contributed by atoms with Crippen LogP contribution in [0.3, 0.4) is 0 Å². The molecule has 29 heavy (non-hydrogen) atoms. The molecule has 0 saturated carbocycles. The molecule has 3 rings (SSSR count). The van der Waals surface area contributed by atoms with Gasteiger partial charge in [-0.25, -0.2) is 4.39 Å². The van der Waals surface area contributed by atoms with Gasteiger partial charge >= 0.3 is 0 Å². The third-order valence-electron chi connectivity index (χ3n) is 3.40. The number of para-hydroxylation sites is 1. The zero-order valence-corrected chi connectivity index (χ0v) is 16.1. The minimum absolute atomic E-state index is 0.0115. The molecule has 1 aromatic heterocycles. The topological polar surface area (TPSA) is 120 Å². The number of amides is 1. The van der Waals surface area contributed by atoms with Gasteiger partial charge in [0.25, 0.3) is 16.8 Å². The first-order valence-corrected chi connectivity index (χ1v) is 9.35. The van der Waals surface area contributed by atoms with Gasteiger partial charge in [0.1, 0.15) is 11.6 Å². The van der Waals surface area contributed by atoms with Crippen LogP contribution in [0.25, 0.3) is 0 Å². The summed E-state index contributed by atoms with van der Waals surface area (Å²) in [6, 6.07) is 9.74. The van der Waals surface area contributed by atoms with E-state index in [1.54, 1.807) is 24.3 Å². The largest absolute Gasteiger partial charge is 0.482 e. The van der Waals surface area contributed by atoms with Crippen molar-refractivity contribution in [2.24, 2.45) is 0 Å². The summed E-state index contributed by atoms with van der Waals surface area (Å²) < 4.78 is 24.5. The first-order chi connectivity index (χ1) is 13.9. The maximum atomic E-state index is 13.7. The van der Waals surface area contributed by atoms with E-state index in [0.717, 1.165) is 30.0 Å². The predicted molar refractivity (Wildman–Crippen MR) is 102 cm³/mol. The number of hydrogen-bond donors (Lipinski definition) is 1. The third kappa shape index (κ3) is 5.65. The van der Waals surface area contributed by atoms with Crippen molar-refractivity contribution < 1.29 is 23.3 Å². The maximum absolute atomic E-state index is 13.7. The second kappa shape index (κ2) is 9.34. The van der Waals surface area contributed by atoms with E-state index >= 15 is 0 Å². The number of halogens is 2. The molecule has 0 aliphatic heterocycles. The number of thioether (sulfide) groups is 1. The van der Waals surface area contributed by atoms with E-state index in [-0.39, 0.29) is 34.8 Å². The van der Waals surface area contributed by atoms with Crippen molar-refractivity contribution >= 4 is 40.6 Å². The molecule has 0 aliphatic carbocycles. The smallest absolute Gasteiger partial charge is 0.277 e. The molecule has 150 valence electrons. The Bertz CT molecular complexity index is 1050. The average molecular weight is 439 g/mol. The summed E-state index contributed by atoms with van der Waals surface area (Å²) in [7, 11) is 0. The van der Waals surface area contributed by atoms with Crippen LogP contribution in [0.4, 0.5) is 15.8 Å². The molecule has 1 amide bonds. The van der Waals surface area contributed by atoms with Crippen LogP contribution in [-0.2, 0) is 11.4 Å². The van der Waals surface area contributed by atoms with Crippen molar-refractivity contribution in [3.05, 3.63) is 69.3 Å². The highest BCUT2D eigenvalue weighted by Crippen LogP contribution is 2.25. The number of hydrogen-bond acceptors (Lipinski definition) is 8. The molecule has 0 bridgehead atoms. The van der Waals surface area contributed by atoms with Crippen LogP contribution in [0, 0.1) is 15.9 Å². The molecule has 0 aliphatic rings. The van der Waals surface area contributed by atoms with Crippen molar-refractivity contribution in [3.63, 3.8) is 0 Å². The molecule has 9 nitrogen and oxygen atoms in total. The fourth-order valence-electron chi connectivity index (χ4n) is 2.09. The van der Waals surface area contributed by atoms with Gasteiger partial charge in [-0.05, 0) is 18.2 Å².